The Morgan fingerprint density at radius 3 is 2.67 bits per heavy atom. The number of nitrogens with one attached hydrogen (secondary N) is 1. The Labute approximate surface area is 134 Å². The van der Waals surface area contributed by atoms with E-state index in [9.17, 15) is 5.11 Å². The summed E-state index contributed by atoms with van der Waals surface area (Å²) in [5.74, 6) is 0.813. The molecule has 0 saturated heterocycles. The van der Waals surface area contributed by atoms with Crippen LogP contribution < -0.4 is 10.1 Å². The second-order valence-electron chi connectivity index (χ2n) is 5.09. The molecule has 0 fully saturated rings. The highest BCUT2D eigenvalue weighted by atomic mass is 79.9. The smallest absolute Gasteiger partial charge is 0.122 e. The van der Waals surface area contributed by atoms with Crippen LogP contribution in [0.3, 0.4) is 0 Å². The number of aryl methyl sites for hydroxylation is 2. The molecule has 2 aromatic carbocycles. The molecule has 112 valence electrons. The van der Waals surface area contributed by atoms with E-state index >= 15 is 0 Å². The molecule has 2 rings (SSSR count). The number of rotatable bonds is 6. The number of aliphatic hydroxyl groups excluding tert-OH is 1. The van der Waals surface area contributed by atoms with Crippen molar-refractivity contribution in [2.75, 3.05) is 18.5 Å². The Hall–Kier alpha value is -1.52. The highest BCUT2D eigenvalue weighted by Crippen LogP contribution is 2.23. The maximum Gasteiger partial charge on any atom is 0.122 e. The van der Waals surface area contributed by atoms with Gasteiger partial charge in [0.1, 0.15) is 18.5 Å². The van der Waals surface area contributed by atoms with Crippen molar-refractivity contribution in [3.05, 3.63) is 58.1 Å². The van der Waals surface area contributed by atoms with Crippen molar-refractivity contribution < 1.29 is 9.84 Å². The van der Waals surface area contributed by atoms with Crippen LogP contribution in [0.5, 0.6) is 5.75 Å². The lowest BCUT2D eigenvalue weighted by molar-refractivity contribution is 0.117. The first-order valence-corrected chi connectivity index (χ1v) is 7.72. The van der Waals surface area contributed by atoms with Crippen LogP contribution in [0.15, 0.2) is 46.9 Å². The van der Waals surface area contributed by atoms with E-state index < -0.39 is 6.10 Å². The highest BCUT2D eigenvalue weighted by molar-refractivity contribution is 9.10. The average Bonchev–Trinajstić information content (AvgIpc) is 2.45. The molecule has 0 spiro atoms. The highest BCUT2D eigenvalue weighted by Gasteiger charge is 2.07. The standard InChI is InChI=1S/C17H20BrNO2/c1-12-7-8-16(15(18)9-12)19-10-14(20)11-21-17-6-4-3-5-13(17)2/h3-9,14,19-20H,10-11H2,1-2H3. The van der Waals surface area contributed by atoms with Gasteiger partial charge in [0.2, 0.25) is 0 Å². The van der Waals surface area contributed by atoms with Gasteiger partial charge in [0.25, 0.3) is 0 Å². The maximum absolute atomic E-state index is 10.0. The van der Waals surface area contributed by atoms with Crippen LogP contribution in [-0.2, 0) is 0 Å². The van der Waals surface area contributed by atoms with E-state index in [-0.39, 0.29) is 6.61 Å². The zero-order valence-electron chi connectivity index (χ0n) is 12.3. The van der Waals surface area contributed by atoms with E-state index in [1.54, 1.807) is 0 Å². The first-order valence-electron chi connectivity index (χ1n) is 6.93. The van der Waals surface area contributed by atoms with Gasteiger partial charge in [0, 0.05) is 16.7 Å². The van der Waals surface area contributed by atoms with Crippen molar-refractivity contribution in [2.24, 2.45) is 0 Å². The van der Waals surface area contributed by atoms with Crippen LogP contribution in [0.1, 0.15) is 11.1 Å². The maximum atomic E-state index is 10.0. The lowest BCUT2D eigenvalue weighted by Crippen LogP contribution is -2.26. The minimum atomic E-state index is -0.571. The van der Waals surface area contributed by atoms with Gasteiger partial charge in [-0.25, -0.2) is 0 Å². The molecule has 0 radical (unpaired) electrons. The third-order valence-corrected chi connectivity index (χ3v) is 3.83. The SMILES string of the molecule is Cc1ccc(NCC(O)COc2ccccc2C)c(Br)c1. The summed E-state index contributed by atoms with van der Waals surface area (Å²) in [4.78, 5) is 0. The molecular weight excluding hydrogens is 330 g/mol. The van der Waals surface area contributed by atoms with Gasteiger partial charge >= 0.3 is 0 Å². The van der Waals surface area contributed by atoms with Gasteiger partial charge in [0.15, 0.2) is 0 Å². The molecule has 1 unspecified atom stereocenters. The second-order valence-corrected chi connectivity index (χ2v) is 5.95. The van der Waals surface area contributed by atoms with E-state index in [0.29, 0.717) is 6.54 Å². The Bertz CT molecular complexity index is 601. The first kappa shape index (κ1) is 15.9. The fourth-order valence-electron chi connectivity index (χ4n) is 1.95. The predicted octanol–water partition coefficient (Wildman–Crippen LogP) is 3.92. The molecule has 0 amide bonds. The molecule has 1 atom stereocenters. The van der Waals surface area contributed by atoms with Gasteiger partial charge in [-0.15, -0.1) is 0 Å². The normalized spacial score (nSPS) is 12.0. The summed E-state index contributed by atoms with van der Waals surface area (Å²) in [6, 6.07) is 13.9. The van der Waals surface area contributed by atoms with Crippen molar-refractivity contribution in [1.29, 1.82) is 0 Å². The molecule has 0 heterocycles. The number of hydrogen-bond donors (Lipinski definition) is 2. The van der Waals surface area contributed by atoms with Crippen LogP contribution in [0.4, 0.5) is 5.69 Å². The van der Waals surface area contributed by atoms with Gasteiger partial charge in [-0.3, -0.25) is 0 Å². The van der Waals surface area contributed by atoms with E-state index in [1.807, 2.05) is 56.3 Å². The Morgan fingerprint density at radius 2 is 1.95 bits per heavy atom. The van der Waals surface area contributed by atoms with Gasteiger partial charge in [-0.2, -0.15) is 0 Å². The number of para-hydroxylation sites is 1. The molecule has 3 nitrogen and oxygen atoms in total. The molecule has 0 aliphatic heterocycles. The zero-order valence-corrected chi connectivity index (χ0v) is 13.9. The van der Waals surface area contributed by atoms with Crippen LogP contribution in [0.2, 0.25) is 0 Å². The molecule has 0 aromatic heterocycles. The monoisotopic (exact) mass is 349 g/mol. The topological polar surface area (TPSA) is 41.5 Å². The fraction of sp³-hybridized carbons (Fsp3) is 0.294. The molecule has 0 aliphatic rings. The van der Waals surface area contributed by atoms with Crippen molar-refractivity contribution in [1.82, 2.24) is 0 Å². The third-order valence-electron chi connectivity index (χ3n) is 3.18. The quantitative estimate of drug-likeness (QED) is 0.830. The first-order chi connectivity index (χ1) is 10.1. The van der Waals surface area contributed by atoms with Crippen LogP contribution in [0.25, 0.3) is 0 Å². The van der Waals surface area contributed by atoms with Gasteiger partial charge < -0.3 is 15.2 Å². The molecule has 0 saturated carbocycles. The van der Waals surface area contributed by atoms with Crippen LogP contribution in [0, 0.1) is 13.8 Å². The number of benzene rings is 2. The molecule has 2 aromatic rings. The number of ether oxygens (including phenoxy) is 1. The largest absolute Gasteiger partial charge is 0.491 e. The molecule has 2 N–H and O–H groups in total. The summed E-state index contributed by atoms with van der Waals surface area (Å²) < 4.78 is 6.63. The lowest BCUT2D eigenvalue weighted by atomic mass is 10.2. The fourth-order valence-corrected chi connectivity index (χ4v) is 2.59. The summed E-state index contributed by atoms with van der Waals surface area (Å²) in [5.41, 5.74) is 3.23. The predicted molar refractivity (Wildman–Crippen MR) is 90.0 cm³/mol. The van der Waals surface area contributed by atoms with Gasteiger partial charge in [-0.1, -0.05) is 24.3 Å². The van der Waals surface area contributed by atoms with Crippen LogP contribution in [-0.4, -0.2) is 24.4 Å². The minimum Gasteiger partial charge on any atom is -0.491 e. The Balaban J connectivity index is 1.82. The Kier molecular flexibility index (Phi) is 5.65. The number of halogens is 1. The average molecular weight is 350 g/mol. The number of hydrogen-bond acceptors (Lipinski definition) is 3. The third kappa shape index (κ3) is 4.76. The van der Waals surface area contributed by atoms with Crippen LogP contribution >= 0.6 is 15.9 Å². The van der Waals surface area contributed by atoms with Crippen molar-refractivity contribution in [3.63, 3.8) is 0 Å². The van der Waals surface area contributed by atoms with Crippen molar-refractivity contribution >= 4 is 21.6 Å². The summed E-state index contributed by atoms with van der Waals surface area (Å²) in [6.45, 7) is 4.73. The summed E-state index contributed by atoms with van der Waals surface area (Å²) >= 11 is 3.51. The van der Waals surface area contributed by atoms with E-state index in [0.717, 1.165) is 21.5 Å². The molecule has 21 heavy (non-hydrogen) atoms. The molecule has 4 heteroatoms. The van der Waals surface area contributed by atoms with E-state index in [1.165, 1.54) is 5.56 Å². The lowest BCUT2D eigenvalue weighted by Gasteiger charge is -2.16. The molecule has 0 bridgehead atoms. The van der Waals surface area contributed by atoms with E-state index in [4.69, 9.17) is 4.74 Å². The summed E-state index contributed by atoms with van der Waals surface area (Å²) in [6.07, 6.45) is -0.571. The Morgan fingerprint density at radius 1 is 1.19 bits per heavy atom. The number of anilines is 1. The van der Waals surface area contributed by atoms with Crippen molar-refractivity contribution in [2.45, 2.75) is 20.0 Å². The minimum absolute atomic E-state index is 0.265. The molecule has 0 aliphatic carbocycles. The van der Waals surface area contributed by atoms with Gasteiger partial charge in [-0.05, 0) is 59.1 Å². The zero-order chi connectivity index (χ0) is 15.2. The summed E-state index contributed by atoms with van der Waals surface area (Å²) in [7, 11) is 0. The van der Waals surface area contributed by atoms with Crippen molar-refractivity contribution in [3.8, 4) is 5.75 Å². The number of aliphatic hydroxyl groups is 1. The second kappa shape index (κ2) is 7.48. The van der Waals surface area contributed by atoms with Gasteiger partial charge in [0.05, 0.1) is 0 Å². The summed E-state index contributed by atoms with van der Waals surface area (Å²) in [5, 5.41) is 13.2. The molecular formula is C17H20BrNO2. The van der Waals surface area contributed by atoms with E-state index in [2.05, 4.69) is 21.2 Å².